The zero-order valence-electron chi connectivity index (χ0n) is 7.29. The smallest absolute Gasteiger partial charge is 0.128 e. The van der Waals surface area contributed by atoms with Gasteiger partial charge in [0.1, 0.15) is 18.2 Å². The van der Waals surface area contributed by atoms with Crippen molar-refractivity contribution in [2.45, 2.75) is 6.61 Å². The summed E-state index contributed by atoms with van der Waals surface area (Å²) in [7, 11) is 0. The van der Waals surface area contributed by atoms with Gasteiger partial charge in [0, 0.05) is 16.0 Å². The number of halogens is 1. The molecule has 0 bridgehead atoms. The second-order valence-electron chi connectivity index (χ2n) is 3.20. The van der Waals surface area contributed by atoms with Gasteiger partial charge in [0.2, 0.25) is 0 Å². The Morgan fingerprint density at radius 1 is 1.29 bits per heavy atom. The molecule has 0 fully saturated rings. The lowest BCUT2D eigenvalue weighted by molar-refractivity contribution is 0.302. The van der Waals surface area contributed by atoms with E-state index in [0.29, 0.717) is 6.61 Å². The molecule has 0 spiro atoms. The zero-order chi connectivity index (χ0) is 9.54. The molecular formula is C11H7FOS. The number of ether oxygens (including phenoxy) is 1. The van der Waals surface area contributed by atoms with Crippen LogP contribution in [0.2, 0.25) is 0 Å². The summed E-state index contributed by atoms with van der Waals surface area (Å²) in [5.41, 5.74) is 2.02. The Hall–Kier alpha value is -1.35. The molecule has 0 unspecified atom stereocenters. The Morgan fingerprint density at radius 3 is 3.14 bits per heavy atom. The molecule has 1 aliphatic rings. The Labute approximate surface area is 84.8 Å². The predicted molar refractivity (Wildman–Crippen MR) is 54.0 cm³/mol. The fourth-order valence-electron chi connectivity index (χ4n) is 1.65. The molecular weight excluding hydrogens is 199 g/mol. The number of fused-ring (bicyclic) bond motifs is 3. The van der Waals surface area contributed by atoms with E-state index in [1.54, 1.807) is 17.4 Å². The van der Waals surface area contributed by atoms with Gasteiger partial charge in [-0.3, -0.25) is 0 Å². The van der Waals surface area contributed by atoms with Crippen LogP contribution in [0.4, 0.5) is 4.39 Å². The van der Waals surface area contributed by atoms with E-state index in [1.165, 1.54) is 12.1 Å². The molecule has 0 amide bonds. The van der Waals surface area contributed by atoms with Crippen LogP contribution in [-0.2, 0) is 6.61 Å². The molecule has 0 saturated heterocycles. The van der Waals surface area contributed by atoms with E-state index in [9.17, 15) is 4.39 Å². The van der Waals surface area contributed by atoms with E-state index in [1.807, 2.05) is 11.4 Å². The molecule has 0 N–H and O–H groups in total. The van der Waals surface area contributed by atoms with E-state index in [0.717, 1.165) is 21.8 Å². The standard InChI is InChI=1S/C11H7FOS/c12-8-1-2-10-9(5-8)11-7(6-13-10)3-4-14-11/h1-5H,6H2. The van der Waals surface area contributed by atoms with Gasteiger partial charge in [-0.15, -0.1) is 11.3 Å². The summed E-state index contributed by atoms with van der Waals surface area (Å²) < 4.78 is 18.5. The zero-order valence-corrected chi connectivity index (χ0v) is 8.10. The number of thiophene rings is 1. The minimum Gasteiger partial charge on any atom is -0.488 e. The molecule has 2 aromatic rings. The summed E-state index contributed by atoms with van der Waals surface area (Å²) in [5, 5.41) is 2.01. The van der Waals surface area contributed by atoms with Crippen LogP contribution in [0.25, 0.3) is 10.4 Å². The molecule has 3 heteroatoms. The molecule has 0 atom stereocenters. The molecule has 1 nitrogen and oxygen atoms in total. The van der Waals surface area contributed by atoms with E-state index in [-0.39, 0.29) is 5.82 Å². The van der Waals surface area contributed by atoms with Crippen LogP contribution in [0.15, 0.2) is 29.6 Å². The third-order valence-corrected chi connectivity index (χ3v) is 3.31. The van der Waals surface area contributed by atoms with Crippen molar-refractivity contribution < 1.29 is 9.13 Å². The molecule has 70 valence electrons. The second kappa shape index (κ2) is 2.82. The highest BCUT2D eigenvalue weighted by molar-refractivity contribution is 7.13. The minimum atomic E-state index is -0.214. The van der Waals surface area contributed by atoms with E-state index in [2.05, 4.69) is 0 Å². The van der Waals surface area contributed by atoms with Gasteiger partial charge in [0.15, 0.2) is 0 Å². The number of hydrogen-bond donors (Lipinski definition) is 0. The van der Waals surface area contributed by atoms with E-state index < -0.39 is 0 Å². The van der Waals surface area contributed by atoms with Crippen molar-refractivity contribution in [1.29, 1.82) is 0 Å². The average molecular weight is 206 g/mol. The second-order valence-corrected chi connectivity index (χ2v) is 4.12. The van der Waals surface area contributed by atoms with Gasteiger partial charge in [-0.2, -0.15) is 0 Å². The molecule has 0 radical (unpaired) electrons. The van der Waals surface area contributed by atoms with Crippen LogP contribution in [0, 0.1) is 5.82 Å². The number of hydrogen-bond acceptors (Lipinski definition) is 2. The van der Waals surface area contributed by atoms with Crippen molar-refractivity contribution in [2.75, 3.05) is 0 Å². The molecule has 0 saturated carbocycles. The van der Waals surface area contributed by atoms with Crippen LogP contribution in [0.3, 0.4) is 0 Å². The highest BCUT2D eigenvalue weighted by atomic mass is 32.1. The third kappa shape index (κ3) is 1.06. The van der Waals surface area contributed by atoms with Crippen LogP contribution in [0.5, 0.6) is 5.75 Å². The van der Waals surface area contributed by atoms with Crippen molar-refractivity contribution in [3.63, 3.8) is 0 Å². The van der Waals surface area contributed by atoms with Crippen molar-refractivity contribution in [1.82, 2.24) is 0 Å². The maximum absolute atomic E-state index is 13.0. The van der Waals surface area contributed by atoms with Crippen molar-refractivity contribution in [2.24, 2.45) is 0 Å². The fraction of sp³-hybridized carbons (Fsp3) is 0.0909. The van der Waals surface area contributed by atoms with Crippen LogP contribution in [-0.4, -0.2) is 0 Å². The summed E-state index contributed by atoms with van der Waals surface area (Å²) in [6.07, 6.45) is 0. The Bertz CT molecular complexity index is 490. The Kier molecular flexibility index (Phi) is 1.61. The van der Waals surface area contributed by atoms with Crippen LogP contribution < -0.4 is 4.74 Å². The number of rotatable bonds is 0. The molecule has 1 aromatic heterocycles. The summed E-state index contributed by atoms with van der Waals surface area (Å²) in [5.74, 6) is 0.565. The maximum atomic E-state index is 13.0. The highest BCUT2D eigenvalue weighted by Gasteiger charge is 2.18. The summed E-state index contributed by atoms with van der Waals surface area (Å²) in [6.45, 7) is 0.595. The Balaban J connectivity index is 2.28. The summed E-state index contributed by atoms with van der Waals surface area (Å²) >= 11 is 1.63. The normalized spacial score (nSPS) is 12.9. The van der Waals surface area contributed by atoms with Crippen LogP contribution >= 0.6 is 11.3 Å². The van der Waals surface area contributed by atoms with Crippen LogP contribution in [0.1, 0.15) is 5.56 Å². The first-order chi connectivity index (χ1) is 6.84. The predicted octanol–water partition coefficient (Wildman–Crippen LogP) is 3.45. The van der Waals surface area contributed by atoms with Gasteiger partial charge in [-0.1, -0.05) is 0 Å². The van der Waals surface area contributed by atoms with Gasteiger partial charge in [-0.25, -0.2) is 4.39 Å². The lowest BCUT2D eigenvalue weighted by atomic mass is 10.1. The first-order valence-electron chi connectivity index (χ1n) is 4.34. The molecule has 2 heterocycles. The fourth-order valence-corrected chi connectivity index (χ4v) is 2.58. The lowest BCUT2D eigenvalue weighted by Gasteiger charge is -2.17. The first kappa shape index (κ1) is 8.00. The maximum Gasteiger partial charge on any atom is 0.128 e. The summed E-state index contributed by atoms with van der Waals surface area (Å²) in [6, 6.07) is 6.67. The SMILES string of the molecule is Fc1ccc2c(c1)-c1sccc1CO2. The molecule has 0 aliphatic carbocycles. The van der Waals surface area contributed by atoms with Gasteiger partial charge in [-0.05, 0) is 29.6 Å². The van der Waals surface area contributed by atoms with Gasteiger partial charge < -0.3 is 4.74 Å². The molecule has 14 heavy (non-hydrogen) atoms. The topological polar surface area (TPSA) is 9.23 Å². The highest BCUT2D eigenvalue weighted by Crippen LogP contribution is 2.40. The van der Waals surface area contributed by atoms with Crippen molar-refractivity contribution in [3.8, 4) is 16.2 Å². The first-order valence-corrected chi connectivity index (χ1v) is 5.21. The summed E-state index contributed by atoms with van der Waals surface area (Å²) in [4.78, 5) is 1.13. The largest absolute Gasteiger partial charge is 0.488 e. The van der Waals surface area contributed by atoms with Gasteiger partial charge in [0.05, 0.1) is 0 Å². The minimum absolute atomic E-state index is 0.214. The van der Waals surface area contributed by atoms with Gasteiger partial charge >= 0.3 is 0 Å². The average Bonchev–Trinajstić information content (AvgIpc) is 2.65. The van der Waals surface area contributed by atoms with E-state index >= 15 is 0 Å². The molecule has 3 rings (SSSR count). The van der Waals surface area contributed by atoms with Crippen molar-refractivity contribution in [3.05, 3.63) is 41.0 Å². The lowest BCUT2D eigenvalue weighted by Crippen LogP contribution is -2.02. The Morgan fingerprint density at radius 2 is 2.21 bits per heavy atom. The van der Waals surface area contributed by atoms with Crippen molar-refractivity contribution >= 4 is 11.3 Å². The number of benzene rings is 1. The van der Waals surface area contributed by atoms with E-state index in [4.69, 9.17) is 4.74 Å². The monoisotopic (exact) mass is 206 g/mol. The third-order valence-electron chi connectivity index (χ3n) is 2.32. The molecule has 1 aliphatic heterocycles. The van der Waals surface area contributed by atoms with Gasteiger partial charge in [0.25, 0.3) is 0 Å². The molecule has 1 aromatic carbocycles. The quantitative estimate of drug-likeness (QED) is 0.641.